The number of nitrogens with one attached hydrogen (secondary N) is 1. The van der Waals surface area contributed by atoms with E-state index >= 15 is 0 Å². The predicted octanol–water partition coefficient (Wildman–Crippen LogP) is 0.182. The smallest absolute Gasteiger partial charge is 0.152 e. The van der Waals surface area contributed by atoms with Crippen LogP contribution in [-0.2, 0) is 4.79 Å². The van der Waals surface area contributed by atoms with Crippen LogP contribution < -0.4 is 5.32 Å². The van der Waals surface area contributed by atoms with Crippen LogP contribution in [0.15, 0.2) is 0 Å². The Kier molecular flexibility index (Phi) is 5.07. The van der Waals surface area contributed by atoms with E-state index in [9.17, 15) is 4.79 Å². The molecular weight excluding hydrogens is 142 g/mol. The zero-order valence-corrected chi connectivity index (χ0v) is 7.42. The summed E-state index contributed by atoms with van der Waals surface area (Å²) in [6, 6.07) is -0.377. The minimum Gasteiger partial charge on any atom is -0.394 e. The van der Waals surface area contributed by atoms with E-state index in [-0.39, 0.29) is 18.4 Å². The van der Waals surface area contributed by atoms with Crippen LogP contribution in [0, 0.1) is 5.92 Å². The molecule has 0 aromatic carbocycles. The molecule has 0 heterocycles. The molecule has 11 heavy (non-hydrogen) atoms. The molecule has 0 unspecified atom stereocenters. The Morgan fingerprint density at radius 1 is 1.55 bits per heavy atom. The van der Waals surface area contributed by atoms with E-state index in [1.807, 2.05) is 13.8 Å². The number of carbonyl (C=O) groups excluding carboxylic acids is 1. The average molecular weight is 159 g/mol. The van der Waals surface area contributed by atoms with Gasteiger partial charge in [-0.1, -0.05) is 13.8 Å². The van der Waals surface area contributed by atoms with Crippen molar-refractivity contribution in [2.45, 2.75) is 26.3 Å². The second-order valence-electron chi connectivity index (χ2n) is 3.09. The molecule has 0 aliphatic heterocycles. The first kappa shape index (κ1) is 10.6. The monoisotopic (exact) mass is 159 g/mol. The second kappa shape index (κ2) is 5.27. The number of ketones is 1. The summed E-state index contributed by atoms with van der Waals surface area (Å²) >= 11 is 0. The molecule has 2 N–H and O–H groups in total. The maximum absolute atomic E-state index is 11.2. The van der Waals surface area contributed by atoms with Crippen LogP contribution in [0.1, 0.15) is 20.3 Å². The fraction of sp³-hybridized carbons (Fsp3) is 0.875. The Balaban J connectivity index is 3.79. The molecule has 0 aliphatic carbocycles. The number of carbonyl (C=O) groups is 1. The molecule has 3 nitrogen and oxygen atoms in total. The van der Waals surface area contributed by atoms with E-state index in [4.69, 9.17) is 5.11 Å². The van der Waals surface area contributed by atoms with E-state index in [2.05, 4.69) is 5.32 Å². The maximum Gasteiger partial charge on any atom is 0.152 e. The summed E-state index contributed by atoms with van der Waals surface area (Å²) in [5.41, 5.74) is 0. The lowest BCUT2D eigenvalue weighted by molar-refractivity contribution is -0.122. The van der Waals surface area contributed by atoms with Crippen LogP contribution in [0.4, 0.5) is 0 Å². The van der Waals surface area contributed by atoms with Crippen molar-refractivity contribution in [2.24, 2.45) is 5.92 Å². The van der Waals surface area contributed by atoms with Crippen LogP contribution >= 0.6 is 0 Å². The Bertz CT molecular complexity index is 119. The van der Waals surface area contributed by atoms with Gasteiger partial charge in [0.2, 0.25) is 0 Å². The largest absolute Gasteiger partial charge is 0.394 e. The third-order valence-electron chi connectivity index (χ3n) is 1.53. The van der Waals surface area contributed by atoms with Crippen LogP contribution in [0.3, 0.4) is 0 Å². The van der Waals surface area contributed by atoms with Crippen LogP contribution in [0.2, 0.25) is 0 Å². The quantitative estimate of drug-likeness (QED) is 0.601. The standard InChI is InChI=1S/C8H17NO2/c1-6(2)4-8(11)7(5-10)9-3/h6-7,9-10H,4-5H2,1-3H3/t7-/m0/s1. The highest BCUT2D eigenvalue weighted by Gasteiger charge is 2.15. The Morgan fingerprint density at radius 3 is 2.36 bits per heavy atom. The zero-order valence-electron chi connectivity index (χ0n) is 7.42. The van der Waals surface area contributed by atoms with Crippen molar-refractivity contribution in [3.05, 3.63) is 0 Å². The molecular formula is C8H17NO2. The van der Waals surface area contributed by atoms with Gasteiger partial charge in [-0.25, -0.2) is 0 Å². The first-order valence-corrected chi connectivity index (χ1v) is 3.92. The van der Waals surface area contributed by atoms with Crippen molar-refractivity contribution in [2.75, 3.05) is 13.7 Å². The molecule has 3 heteroatoms. The Labute approximate surface area is 67.8 Å². The molecule has 0 amide bonds. The molecule has 0 radical (unpaired) electrons. The SMILES string of the molecule is CN[C@@H](CO)C(=O)CC(C)C. The van der Waals surface area contributed by atoms with Gasteiger partial charge in [-0.05, 0) is 13.0 Å². The van der Waals surface area contributed by atoms with Gasteiger partial charge in [-0.3, -0.25) is 4.79 Å². The third-order valence-corrected chi connectivity index (χ3v) is 1.53. The van der Waals surface area contributed by atoms with Crippen molar-refractivity contribution in [1.82, 2.24) is 5.32 Å². The fourth-order valence-electron chi connectivity index (χ4n) is 0.899. The molecule has 0 saturated carbocycles. The summed E-state index contributed by atoms with van der Waals surface area (Å²) in [7, 11) is 1.68. The molecule has 0 aromatic heterocycles. The van der Waals surface area contributed by atoms with Crippen molar-refractivity contribution < 1.29 is 9.90 Å². The first-order chi connectivity index (χ1) is 5.11. The lowest BCUT2D eigenvalue weighted by atomic mass is 10.0. The summed E-state index contributed by atoms with van der Waals surface area (Å²) in [6.45, 7) is 3.87. The average Bonchev–Trinajstić information content (AvgIpc) is 1.88. The topological polar surface area (TPSA) is 49.3 Å². The zero-order chi connectivity index (χ0) is 8.85. The fourth-order valence-corrected chi connectivity index (χ4v) is 0.899. The molecule has 0 aromatic rings. The minimum atomic E-state index is -0.377. The lowest BCUT2D eigenvalue weighted by Crippen LogP contribution is -2.37. The van der Waals surface area contributed by atoms with Crippen molar-refractivity contribution in [3.63, 3.8) is 0 Å². The van der Waals surface area contributed by atoms with Gasteiger partial charge in [-0.15, -0.1) is 0 Å². The summed E-state index contributed by atoms with van der Waals surface area (Å²) in [6.07, 6.45) is 0.534. The minimum absolute atomic E-state index is 0.0880. The van der Waals surface area contributed by atoms with E-state index in [1.54, 1.807) is 7.05 Å². The number of Topliss-reactive ketones (excluding diaryl/α,β-unsaturated/α-hetero) is 1. The molecule has 0 bridgehead atoms. The van der Waals surface area contributed by atoms with Crippen molar-refractivity contribution in [3.8, 4) is 0 Å². The van der Waals surface area contributed by atoms with E-state index in [1.165, 1.54) is 0 Å². The summed E-state index contributed by atoms with van der Waals surface area (Å²) in [5, 5.41) is 11.5. The molecule has 0 fully saturated rings. The van der Waals surface area contributed by atoms with Crippen LogP contribution in [0.25, 0.3) is 0 Å². The molecule has 0 aliphatic rings. The van der Waals surface area contributed by atoms with Gasteiger partial charge in [-0.2, -0.15) is 0 Å². The highest BCUT2D eigenvalue weighted by Crippen LogP contribution is 2.02. The number of hydrogen-bond donors (Lipinski definition) is 2. The lowest BCUT2D eigenvalue weighted by Gasteiger charge is -2.12. The molecule has 1 atom stereocenters. The number of aliphatic hydroxyl groups excluding tert-OH is 1. The molecule has 0 saturated heterocycles. The van der Waals surface area contributed by atoms with Crippen molar-refractivity contribution >= 4 is 5.78 Å². The number of aliphatic hydroxyl groups is 1. The van der Waals surface area contributed by atoms with Gasteiger partial charge in [0.25, 0.3) is 0 Å². The summed E-state index contributed by atoms with van der Waals surface area (Å²) in [5.74, 6) is 0.454. The van der Waals surface area contributed by atoms with Gasteiger partial charge in [0.1, 0.15) is 0 Å². The predicted molar refractivity (Wildman–Crippen MR) is 44.4 cm³/mol. The normalized spacial score (nSPS) is 13.5. The van der Waals surface area contributed by atoms with E-state index < -0.39 is 0 Å². The Hall–Kier alpha value is -0.410. The van der Waals surface area contributed by atoms with Crippen LogP contribution in [0.5, 0.6) is 0 Å². The van der Waals surface area contributed by atoms with Gasteiger partial charge < -0.3 is 10.4 Å². The maximum atomic E-state index is 11.2. The molecule has 0 spiro atoms. The second-order valence-corrected chi connectivity index (χ2v) is 3.09. The molecule has 0 rings (SSSR count). The van der Waals surface area contributed by atoms with Crippen molar-refractivity contribution in [1.29, 1.82) is 0 Å². The summed E-state index contributed by atoms with van der Waals surface area (Å²) in [4.78, 5) is 11.2. The van der Waals surface area contributed by atoms with Gasteiger partial charge in [0, 0.05) is 6.42 Å². The number of likely N-dealkylation sites (N-methyl/N-ethyl adjacent to an activating group) is 1. The summed E-state index contributed by atoms with van der Waals surface area (Å²) < 4.78 is 0. The number of rotatable bonds is 5. The first-order valence-electron chi connectivity index (χ1n) is 3.92. The Morgan fingerprint density at radius 2 is 2.09 bits per heavy atom. The van der Waals surface area contributed by atoms with E-state index in [0.29, 0.717) is 12.3 Å². The van der Waals surface area contributed by atoms with Gasteiger partial charge >= 0.3 is 0 Å². The van der Waals surface area contributed by atoms with E-state index in [0.717, 1.165) is 0 Å². The number of hydrogen-bond acceptors (Lipinski definition) is 3. The highest BCUT2D eigenvalue weighted by molar-refractivity contribution is 5.84. The molecule has 66 valence electrons. The van der Waals surface area contributed by atoms with Gasteiger partial charge in [0.15, 0.2) is 5.78 Å². The van der Waals surface area contributed by atoms with Crippen LogP contribution in [-0.4, -0.2) is 30.6 Å². The van der Waals surface area contributed by atoms with Gasteiger partial charge in [0.05, 0.1) is 12.6 Å². The third kappa shape index (κ3) is 4.11. The highest BCUT2D eigenvalue weighted by atomic mass is 16.3.